The third-order valence-electron chi connectivity index (χ3n) is 1.52. The first-order chi connectivity index (χ1) is 5.16. The molecule has 4 nitrogen and oxygen atoms in total. The van der Waals surface area contributed by atoms with Crippen molar-refractivity contribution in [3.05, 3.63) is 6.42 Å². The summed E-state index contributed by atoms with van der Waals surface area (Å²) in [5.74, 6) is -1.30. The number of rotatable bonds is 1. The van der Waals surface area contributed by atoms with E-state index in [0.717, 1.165) is 0 Å². The molecule has 0 aromatic heterocycles. The largest absolute Gasteiger partial charge is 0.274 e. The minimum atomic E-state index is -0.516. The van der Waals surface area contributed by atoms with Crippen LogP contribution in [-0.2, 0) is 14.4 Å². The van der Waals surface area contributed by atoms with E-state index in [1.165, 1.54) is 13.3 Å². The Balaban J connectivity index is 2.76. The van der Waals surface area contributed by atoms with Crippen molar-refractivity contribution in [3.63, 3.8) is 0 Å². The number of carbonyl (C=O) groups excluding carboxylic acids is 3. The Morgan fingerprint density at radius 1 is 1.36 bits per heavy atom. The fourth-order valence-corrected chi connectivity index (χ4v) is 0.951. The van der Waals surface area contributed by atoms with E-state index in [1.807, 2.05) is 0 Å². The van der Waals surface area contributed by atoms with E-state index < -0.39 is 17.7 Å². The van der Waals surface area contributed by atoms with Gasteiger partial charge in [-0.15, -0.1) is 0 Å². The third-order valence-corrected chi connectivity index (χ3v) is 1.52. The minimum absolute atomic E-state index is 0.165. The first-order valence-electron chi connectivity index (χ1n) is 3.36. The SMILES string of the molecule is C[CH]C(=O)N1C(=O)CCC1=O. The molecule has 1 radical (unpaired) electrons. The molecule has 0 spiro atoms. The van der Waals surface area contributed by atoms with Gasteiger partial charge in [-0.2, -0.15) is 0 Å². The maximum Gasteiger partial charge on any atom is 0.239 e. The number of likely N-dealkylation sites (tertiary alicyclic amines) is 1. The predicted molar refractivity (Wildman–Crippen MR) is 36.1 cm³/mol. The van der Waals surface area contributed by atoms with Gasteiger partial charge >= 0.3 is 0 Å². The van der Waals surface area contributed by atoms with E-state index in [0.29, 0.717) is 4.90 Å². The zero-order valence-electron chi connectivity index (χ0n) is 6.16. The normalized spacial score (nSPS) is 17.7. The van der Waals surface area contributed by atoms with E-state index in [2.05, 4.69) is 0 Å². The Morgan fingerprint density at radius 3 is 2.18 bits per heavy atom. The fourth-order valence-electron chi connectivity index (χ4n) is 0.951. The first-order valence-corrected chi connectivity index (χ1v) is 3.36. The van der Waals surface area contributed by atoms with E-state index in [-0.39, 0.29) is 12.8 Å². The molecule has 0 saturated carbocycles. The molecule has 1 aliphatic heterocycles. The van der Waals surface area contributed by atoms with Crippen molar-refractivity contribution in [2.75, 3.05) is 0 Å². The molecule has 0 aliphatic carbocycles. The highest BCUT2D eigenvalue weighted by Gasteiger charge is 2.33. The standard InChI is InChI=1S/C7H8NO3/c1-2-5(9)8-6(10)3-4-7(8)11/h2H,3-4H2,1H3. The van der Waals surface area contributed by atoms with Crippen molar-refractivity contribution in [1.82, 2.24) is 4.90 Å². The van der Waals surface area contributed by atoms with Crippen LogP contribution in [0.25, 0.3) is 0 Å². The lowest BCUT2D eigenvalue weighted by molar-refractivity contribution is -0.147. The Kier molecular flexibility index (Phi) is 2.03. The molecule has 59 valence electrons. The van der Waals surface area contributed by atoms with Gasteiger partial charge in [0, 0.05) is 19.3 Å². The van der Waals surface area contributed by atoms with E-state index in [1.54, 1.807) is 0 Å². The number of carbonyl (C=O) groups is 3. The second-order valence-corrected chi connectivity index (χ2v) is 2.25. The van der Waals surface area contributed by atoms with Crippen LogP contribution in [0.1, 0.15) is 19.8 Å². The highest BCUT2D eigenvalue weighted by Crippen LogP contribution is 2.12. The van der Waals surface area contributed by atoms with Gasteiger partial charge in [0.2, 0.25) is 17.7 Å². The van der Waals surface area contributed by atoms with Gasteiger partial charge in [-0.05, 0) is 0 Å². The second kappa shape index (κ2) is 2.82. The Morgan fingerprint density at radius 2 is 1.82 bits per heavy atom. The molecule has 1 heterocycles. The summed E-state index contributed by atoms with van der Waals surface area (Å²) < 4.78 is 0. The van der Waals surface area contributed by atoms with Crippen LogP contribution in [0.3, 0.4) is 0 Å². The van der Waals surface area contributed by atoms with E-state index in [9.17, 15) is 14.4 Å². The number of imide groups is 3. The summed E-state index contributed by atoms with van der Waals surface area (Å²) in [6.07, 6.45) is 1.54. The van der Waals surface area contributed by atoms with Gasteiger partial charge < -0.3 is 0 Å². The van der Waals surface area contributed by atoms with Crippen molar-refractivity contribution in [2.24, 2.45) is 0 Å². The summed E-state index contributed by atoms with van der Waals surface area (Å²) in [6, 6.07) is 0. The van der Waals surface area contributed by atoms with Crippen LogP contribution in [0, 0.1) is 6.42 Å². The molecule has 0 unspecified atom stereocenters. The molecule has 1 aliphatic rings. The quantitative estimate of drug-likeness (QED) is 0.495. The zero-order chi connectivity index (χ0) is 8.43. The summed E-state index contributed by atoms with van der Waals surface area (Å²) in [4.78, 5) is 33.3. The Hall–Kier alpha value is -1.19. The Bertz CT molecular complexity index is 206. The van der Waals surface area contributed by atoms with Crippen LogP contribution >= 0.6 is 0 Å². The lowest BCUT2D eigenvalue weighted by Gasteiger charge is -2.08. The molecule has 1 rings (SSSR count). The number of hydrogen-bond acceptors (Lipinski definition) is 3. The van der Waals surface area contributed by atoms with Gasteiger partial charge in [-0.3, -0.25) is 14.4 Å². The van der Waals surface area contributed by atoms with E-state index in [4.69, 9.17) is 0 Å². The molecule has 0 atom stereocenters. The summed E-state index contributed by atoms with van der Waals surface area (Å²) in [5.41, 5.74) is 0. The van der Waals surface area contributed by atoms with Crippen LogP contribution < -0.4 is 0 Å². The summed E-state index contributed by atoms with van der Waals surface area (Å²) in [7, 11) is 0. The number of nitrogens with zero attached hydrogens (tertiary/aromatic N) is 1. The van der Waals surface area contributed by atoms with Crippen molar-refractivity contribution < 1.29 is 14.4 Å². The molecule has 1 fully saturated rings. The van der Waals surface area contributed by atoms with Crippen LogP contribution in [0.5, 0.6) is 0 Å². The summed E-state index contributed by atoms with van der Waals surface area (Å²) in [6.45, 7) is 1.50. The maximum atomic E-state index is 10.9. The van der Waals surface area contributed by atoms with Gasteiger partial charge in [-0.25, -0.2) is 4.90 Å². The van der Waals surface area contributed by atoms with Crippen molar-refractivity contribution in [3.8, 4) is 0 Å². The molecular formula is C7H8NO3. The highest BCUT2D eigenvalue weighted by atomic mass is 16.2. The minimum Gasteiger partial charge on any atom is -0.274 e. The molecule has 0 N–H and O–H groups in total. The molecule has 11 heavy (non-hydrogen) atoms. The van der Waals surface area contributed by atoms with Crippen LogP contribution in [0.15, 0.2) is 0 Å². The molecule has 0 bridgehead atoms. The average molecular weight is 154 g/mol. The van der Waals surface area contributed by atoms with Crippen LogP contribution in [0.2, 0.25) is 0 Å². The topological polar surface area (TPSA) is 54.5 Å². The molecule has 4 heteroatoms. The summed E-state index contributed by atoms with van der Waals surface area (Å²) in [5, 5.41) is 0. The molecule has 0 aromatic carbocycles. The van der Waals surface area contributed by atoms with Crippen molar-refractivity contribution >= 4 is 17.7 Å². The van der Waals surface area contributed by atoms with E-state index >= 15 is 0 Å². The summed E-state index contributed by atoms with van der Waals surface area (Å²) >= 11 is 0. The first kappa shape index (κ1) is 7.91. The van der Waals surface area contributed by atoms with Crippen molar-refractivity contribution in [1.29, 1.82) is 0 Å². The molecular weight excluding hydrogens is 146 g/mol. The fraction of sp³-hybridized carbons (Fsp3) is 0.429. The average Bonchev–Trinajstić information content (AvgIpc) is 2.30. The smallest absolute Gasteiger partial charge is 0.239 e. The second-order valence-electron chi connectivity index (χ2n) is 2.25. The van der Waals surface area contributed by atoms with Gasteiger partial charge in [0.1, 0.15) is 0 Å². The highest BCUT2D eigenvalue weighted by molar-refractivity contribution is 6.16. The zero-order valence-corrected chi connectivity index (χ0v) is 6.16. The van der Waals surface area contributed by atoms with Crippen LogP contribution in [0.4, 0.5) is 0 Å². The third kappa shape index (κ3) is 1.29. The Labute approximate surface area is 64.2 Å². The maximum absolute atomic E-state index is 10.9. The lowest BCUT2D eigenvalue weighted by Crippen LogP contribution is -2.35. The number of hydrogen-bond donors (Lipinski definition) is 0. The number of amides is 3. The van der Waals surface area contributed by atoms with Crippen LogP contribution in [-0.4, -0.2) is 22.6 Å². The molecule has 3 amide bonds. The van der Waals surface area contributed by atoms with Gasteiger partial charge in [-0.1, -0.05) is 6.92 Å². The predicted octanol–water partition coefficient (Wildman–Crippen LogP) is -0.114. The molecule has 1 saturated heterocycles. The molecule has 0 aromatic rings. The van der Waals surface area contributed by atoms with Gasteiger partial charge in [0.05, 0.1) is 0 Å². The lowest BCUT2D eigenvalue weighted by atomic mass is 10.4. The monoisotopic (exact) mass is 154 g/mol. The van der Waals surface area contributed by atoms with Gasteiger partial charge in [0.25, 0.3) is 0 Å². The van der Waals surface area contributed by atoms with Crippen molar-refractivity contribution in [2.45, 2.75) is 19.8 Å². The van der Waals surface area contributed by atoms with Gasteiger partial charge in [0.15, 0.2) is 0 Å².